The van der Waals surface area contributed by atoms with Gasteiger partial charge in [-0.25, -0.2) is 0 Å². The largest absolute Gasteiger partial charge is 0.302 e. The molecule has 2 atom stereocenters. The molecule has 2 unspecified atom stereocenters. The van der Waals surface area contributed by atoms with Crippen LogP contribution >= 0.6 is 11.3 Å². The monoisotopic (exact) mass is 284 g/mol. The van der Waals surface area contributed by atoms with Crippen LogP contribution < -0.4 is 0 Å². The summed E-state index contributed by atoms with van der Waals surface area (Å²) in [5.74, 6) is 0. The fourth-order valence-electron chi connectivity index (χ4n) is 3.80. The number of thiophene rings is 1. The minimum absolute atomic E-state index is 0.398. The third kappa shape index (κ3) is 2.00. The van der Waals surface area contributed by atoms with E-state index in [2.05, 4.69) is 42.3 Å². The van der Waals surface area contributed by atoms with Gasteiger partial charge in [-0.2, -0.15) is 0 Å². The first-order chi connectivity index (χ1) is 9.75. The lowest BCUT2D eigenvalue weighted by Crippen LogP contribution is -2.36. The molecule has 0 spiro atoms. The van der Waals surface area contributed by atoms with Crippen molar-refractivity contribution in [3.05, 3.63) is 40.9 Å². The molecule has 0 N–H and O–H groups in total. The van der Waals surface area contributed by atoms with Crippen LogP contribution in [0.4, 0.5) is 0 Å². The second-order valence-corrected chi connectivity index (χ2v) is 7.54. The lowest BCUT2D eigenvalue weighted by Gasteiger charge is -2.34. The van der Waals surface area contributed by atoms with Crippen LogP contribution in [-0.2, 0) is 5.41 Å². The molecule has 2 aliphatic rings. The molecule has 4 heterocycles. The van der Waals surface area contributed by atoms with Gasteiger partial charge in [-0.3, -0.25) is 4.98 Å². The number of aryl methyl sites for hydroxylation is 1. The molecule has 0 saturated carbocycles. The normalized spacial score (nSPS) is 28.8. The van der Waals surface area contributed by atoms with Gasteiger partial charge < -0.3 is 4.90 Å². The first-order valence-corrected chi connectivity index (χ1v) is 8.33. The van der Waals surface area contributed by atoms with Crippen molar-refractivity contribution in [3.8, 4) is 10.6 Å². The van der Waals surface area contributed by atoms with Gasteiger partial charge in [0.25, 0.3) is 0 Å². The predicted octanol–water partition coefficient (Wildman–Crippen LogP) is 3.86. The molecule has 2 nitrogen and oxygen atoms in total. The number of piperidine rings is 1. The standard InChI is InChI=1S/C17H20N2S/c1-13-3-6-16(20-13)15-5-4-14(11-18-15)17-7-2-9-19(12-17)10-8-17/h3-6,11H,2,7-10,12H2,1H3. The van der Waals surface area contributed by atoms with Gasteiger partial charge in [-0.15, -0.1) is 11.3 Å². The van der Waals surface area contributed by atoms with E-state index in [1.165, 1.54) is 54.2 Å². The molecule has 2 aliphatic heterocycles. The van der Waals surface area contributed by atoms with Gasteiger partial charge in [-0.05, 0) is 63.0 Å². The minimum atomic E-state index is 0.398. The molecule has 0 amide bonds. The van der Waals surface area contributed by atoms with Crippen LogP contribution in [-0.4, -0.2) is 29.5 Å². The number of pyridine rings is 1. The molecule has 0 aliphatic carbocycles. The zero-order valence-electron chi connectivity index (χ0n) is 11.9. The minimum Gasteiger partial charge on any atom is -0.302 e. The third-order valence-electron chi connectivity index (χ3n) is 4.93. The Morgan fingerprint density at radius 3 is 2.85 bits per heavy atom. The van der Waals surface area contributed by atoms with Crippen molar-refractivity contribution in [2.75, 3.05) is 19.6 Å². The van der Waals surface area contributed by atoms with Crippen LogP contribution in [0.3, 0.4) is 0 Å². The lowest BCUT2D eigenvalue weighted by molar-refractivity contribution is 0.243. The maximum atomic E-state index is 4.74. The van der Waals surface area contributed by atoms with Crippen molar-refractivity contribution in [1.29, 1.82) is 0 Å². The number of rotatable bonds is 2. The van der Waals surface area contributed by atoms with Crippen LogP contribution in [0.1, 0.15) is 29.7 Å². The number of hydrogen-bond acceptors (Lipinski definition) is 3. The summed E-state index contributed by atoms with van der Waals surface area (Å²) >= 11 is 1.82. The summed E-state index contributed by atoms with van der Waals surface area (Å²) in [4.78, 5) is 9.98. The Morgan fingerprint density at radius 1 is 1.15 bits per heavy atom. The Balaban J connectivity index is 1.64. The molecule has 0 radical (unpaired) electrons. The van der Waals surface area contributed by atoms with E-state index in [1.54, 1.807) is 0 Å². The highest BCUT2D eigenvalue weighted by Gasteiger charge is 2.42. The van der Waals surface area contributed by atoms with E-state index in [-0.39, 0.29) is 0 Å². The van der Waals surface area contributed by atoms with E-state index in [4.69, 9.17) is 4.98 Å². The average molecular weight is 284 g/mol. The molecule has 0 aromatic carbocycles. The van der Waals surface area contributed by atoms with E-state index < -0.39 is 0 Å². The van der Waals surface area contributed by atoms with Crippen molar-refractivity contribution in [2.45, 2.75) is 31.6 Å². The number of aromatic nitrogens is 1. The summed E-state index contributed by atoms with van der Waals surface area (Å²) in [6.45, 7) is 5.95. The fourth-order valence-corrected chi connectivity index (χ4v) is 4.64. The van der Waals surface area contributed by atoms with Crippen molar-refractivity contribution in [3.63, 3.8) is 0 Å². The van der Waals surface area contributed by atoms with Gasteiger partial charge in [0.15, 0.2) is 0 Å². The van der Waals surface area contributed by atoms with E-state index in [0.717, 1.165) is 5.69 Å². The van der Waals surface area contributed by atoms with Gasteiger partial charge in [0.2, 0.25) is 0 Å². The number of nitrogens with zero attached hydrogens (tertiary/aromatic N) is 2. The van der Waals surface area contributed by atoms with E-state index in [9.17, 15) is 0 Å². The van der Waals surface area contributed by atoms with E-state index >= 15 is 0 Å². The van der Waals surface area contributed by atoms with Crippen molar-refractivity contribution >= 4 is 11.3 Å². The highest BCUT2D eigenvalue weighted by atomic mass is 32.1. The van der Waals surface area contributed by atoms with Gasteiger partial charge in [0.1, 0.15) is 0 Å². The highest BCUT2D eigenvalue weighted by Crippen LogP contribution is 2.42. The van der Waals surface area contributed by atoms with Crippen LogP contribution in [0.25, 0.3) is 10.6 Å². The molecule has 2 aromatic heterocycles. The highest BCUT2D eigenvalue weighted by molar-refractivity contribution is 7.15. The molecular formula is C17H20N2S. The Bertz CT molecular complexity index is 612. The van der Waals surface area contributed by atoms with Gasteiger partial charge in [0, 0.05) is 23.0 Å². The Hall–Kier alpha value is -1.19. The topological polar surface area (TPSA) is 16.1 Å². The third-order valence-corrected chi connectivity index (χ3v) is 5.95. The molecule has 2 saturated heterocycles. The second kappa shape index (κ2) is 4.68. The summed E-state index contributed by atoms with van der Waals surface area (Å²) in [7, 11) is 0. The first-order valence-electron chi connectivity index (χ1n) is 7.51. The predicted molar refractivity (Wildman–Crippen MR) is 84.3 cm³/mol. The molecular weight excluding hydrogens is 264 g/mol. The summed E-state index contributed by atoms with van der Waals surface area (Å²) in [6.07, 6.45) is 6.12. The average Bonchev–Trinajstić information content (AvgIpc) is 3.04. The van der Waals surface area contributed by atoms with Crippen molar-refractivity contribution < 1.29 is 0 Å². The Morgan fingerprint density at radius 2 is 2.10 bits per heavy atom. The molecule has 4 rings (SSSR count). The number of fused-ring (bicyclic) bond motifs is 2. The van der Waals surface area contributed by atoms with Crippen LogP contribution in [0.2, 0.25) is 0 Å². The zero-order chi connectivity index (χ0) is 13.6. The zero-order valence-corrected chi connectivity index (χ0v) is 12.7. The van der Waals surface area contributed by atoms with Gasteiger partial charge in [-0.1, -0.05) is 6.07 Å². The van der Waals surface area contributed by atoms with Crippen LogP contribution in [0.5, 0.6) is 0 Å². The first kappa shape index (κ1) is 12.5. The summed E-state index contributed by atoms with van der Waals surface area (Å²) in [5.41, 5.74) is 2.97. The van der Waals surface area contributed by atoms with Crippen LogP contribution in [0.15, 0.2) is 30.5 Å². The van der Waals surface area contributed by atoms with Crippen molar-refractivity contribution in [2.24, 2.45) is 0 Å². The molecule has 2 fully saturated rings. The smallest absolute Gasteiger partial charge is 0.0801 e. The van der Waals surface area contributed by atoms with E-state index in [1.807, 2.05) is 11.3 Å². The molecule has 2 aromatic rings. The molecule has 3 heteroatoms. The fraction of sp³-hybridized carbons (Fsp3) is 0.471. The molecule has 104 valence electrons. The Labute approximate surface area is 124 Å². The second-order valence-electron chi connectivity index (χ2n) is 6.25. The van der Waals surface area contributed by atoms with Gasteiger partial charge >= 0.3 is 0 Å². The maximum absolute atomic E-state index is 4.74. The maximum Gasteiger partial charge on any atom is 0.0801 e. The van der Waals surface area contributed by atoms with E-state index in [0.29, 0.717) is 5.41 Å². The number of hydrogen-bond donors (Lipinski definition) is 0. The van der Waals surface area contributed by atoms with Crippen molar-refractivity contribution in [1.82, 2.24) is 9.88 Å². The molecule has 20 heavy (non-hydrogen) atoms. The van der Waals surface area contributed by atoms with Crippen LogP contribution in [0, 0.1) is 6.92 Å². The quantitative estimate of drug-likeness (QED) is 0.832. The Kier molecular flexibility index (Phi) is 2.93. The lowest BCUT2D eigenvalue weighted by atomic mass is 9.75. The summed E-state index contributed by atoms with van der Waals surface area (Å²) in [5, 5.41) is 0. The van der Waals surface area contributed by atoms with Gasteiger partial charge in [0.05, 0.1) is 10.6 Å². The SMILES string of the molecule is Cc1ccc(-c2ccc(C34CCCN(CC3)C4)cn2)s1. The summed E-state index contributed by atoms with van der Waals surface area (Å²) in [6, 6.07) is 8.89. The summed E-state index contributed by atoms with van der Waals surface area (Å²) < 4.78 is 0. The molecule has 2 bridgehead atoms.